The van der Waals surface area contributed by atoms with Gasteiger partial charge in [0.05, 0.1) is 0 Å². The number of carbonyl (C=O) groups is 2. The Kier molecular flexibility index (Phi) is 8.45. The van der Waals surface area contributed by atoms with Gasteiger partial charge >= 0.3 is 0 Å². The second-order valence-corrected chi connectivity index (χ2v) is 11.0. The van der Waals surface area contributed by atoms with Gasteiger partial charge in [0.1, 0.15) is 17.7 Å². The molecule has 2 fully saturated rings. The highest BCUT2D eigenvalue weighted by Gasteiger charge is 2.50. The van der Waals surface area contributed by atoms with Gasteiger partial charge in [-0.15, -0.1) is 0 Å². The lowest BCUT2D eigenvalue weighted by molar-refractivity contribution is -0.133. The summed E-state index contributed by atoms with van der Waals surface area (Å²) in [4.78, 5) is 30.7. The standard InChI is InChI=1S/C32H36F2N4O2/c1-32(22-28(32)23-9-13-25(33)14-10-23)35-17-5-8-29(36-30(39)24-11-15-26(34)16-12-24)31(40)38-20-18-37(19-21-38)27-6-3-2-4-7-27/h2-4,6-7,9-16,28-29,35H,5,8,17-22H2,1H3,(H,36,39). The zero-order valence-corrected chi connectivity index (χ0v) is 22.8. The lowest BCUT2D eigenvalue weighted by Gasteiger charge is -2.37. The average molecular weight is 547 g/mol. The predicted octanol–water partition coefficient (Wildman–Crippen LogP) is 4.73. The number of hydrogen-bond donors (Lipinski definition) is 2. The van der Waals surface area contributed by atoms with Crippen LogP contribution in [0.5, 0.6) is 0 Å². The van der Waals surface area contributed by atoms with Crippen LogP contribution in [0.1, 0.15) is 48.0 Å². The third kappa shape index (κ3) is 6.67. The molecule has 3 aromatic rings. The number of para-hydroxylation sites is 1. The highest BCUT2D eigenvalue weighted by molar-refractivity contribution is 5.97. The van der Waals surface area contributed by atoms with E-state index in [1.165, 1.54) is 36.4 Å². The van der Waals surface area contributed by atoms with Crippen LogP contribution in [0, 0.1) is 11.6 Å². The maximum Gasteiger partial charge on any atom is 0.251 e. The summed E-state index contributed by atoms with van der Waals surface area (Å²) in [6, 6.07) is 21.5. The van der Waals surface area contributed by atoms with Crippen LogP contribution >= 0.6 is 0 Å². The van der Waals surface area contributed by atoms with E-state index in [4.69, 9.17) is 0 Å². The Morgan fingerprint density at radius 3 is 2.17 bits per heavy atom. The Balaban J connectivity index is 1.18. The minimum Gasteiger partial charge on any atom is -0.368 e. The number of amides is 2. The first-order valence-corrected chi connectivity index (χ1v) is 14.0. The molecule has 3 aromatic carbocycles. The molecule has 8 heteroatoms. The third-order valence-electron chi connectivity index (χ3n) is 8.13. The lowest BCUT2D eigenvalue weighted by atomic mass is 10.1. The van der Waals surface area contributed by atoms with E-state index in [2.05, 4.69) is 34.6 Å². The highest BCUT2D eigenvalue weighted by Crippen LogP contribution is 2.51. The molecule has 3 unspecified atom stereocenters. The number of anilines is 1. The Labute approximate surface area is 234 Å². The second kappa shape index (κ2) is 12.2. The van der Waals surface area contributed by atoms with Crippen molar-refractivity contribution in [2.75, 3.05) is 37.6 Å². The molecule has 6 nitrogen and oxygen atoms in total. The number of hydrogen-bond acceptors (Lipinski definition) is 4. The van der Waals surface area contributed by atoms with Crippen LogP contribution in [-0.2, 0) is 4.79 Å². The van der Waals surface area contributed by atoms with Crippen LogP contribution in [0.15, 0.2) is 78.9 Å². The summed E-state index contributed by atoms with van der Waals surface area (Å²) in [6.45, 7) is 5.44. The van der Waals surface area contributed by atoms with Crippen LogP contribution in [-0.4, -0.2) is 61.0 Å². The summed E-state index contributed by atoms with van der Waals surface area (Å²) in [7, 11) is 0. The van der Waals surface area contributed by atoms with Gasteiger partial charge in [-0.05, 0) is 86.8 Å². The van der Waals surface area contributed by atoms with E-state index < -0.39 is 11.9 Å². The van der Waals surface area contributed by atoms with Crippen LogP contribution in [0.4, 0.5) is 14.5 Å². The minimum atomic E-state index is -0.678. The molecule has 2 aliphatic rings. The number of nitrogens with zero attached hydrogens (tertiary/aromatic N) is 2. The molecule has 0 bridgehead atoms. The number of piperazine rings is 1. The maximum atomic E-state index is 13.6. The van der Waals surface area contributed by atoms with Crippen molar-refractivity contribution in [1.82, 2.24) is 15.5 Å². The number of carbonyl (C=O) groups excluding carboxylic acids is 2. The van der Waals surface area contributed by atoms with Crippen molar-refractivity contribution in [2.45, 2.75) is 43.7 Å². The van der Waals surface area contributed by atoms with Crippen molar-refractivity contribution >= 4 is 17.5 Å². The number of rotatable bonds is 10. The van der Waals surface area contributed by atoms with Gasteiger partial charge in [0.2, 0.25) is 5.91 Å². The molecule has 2 amide bonds. The quantitative estimate of drug-likeness (QED) is 0.361. The third-order valence-corrected chi connectivity index (χ3v) is 8.13. The highest BCUT2D eigenvalue weighted by atomic mass is 19.1. The Bertz CT molecular complexity index is 1290. The molecule has 1 saturated carbocycles. The first-order chi connectivity index (χ1) is 19.3. The largest absolute Gasteiger partial charge is 0.368 e. The van der Waals surface area contributed by atoms with Gasteiger partial charge in [0.15, 0.2) is 0 Å². The molecule has 0 spiro atoms. The van der Waals surface area contributed by atoms with Gasteiger partial charge in [-0.3, -0.25) is 9.59 Å². The van der Waals surface area contributed by atoms with E-state index in [1.54, 1.807) is 0 Å². The van der Waals surface area contributed by atoms with E-state index in [0.717, 1.165) is 30.8 Å². The normalized spacial score (nSPS) is 21.1. The summed E-state index contributed by atoms with van der Waals surface area (Å²) in [5.41, 5.74) is 2.50. The smallest absolute Gasteiger partial charge is 0.251 e. The lowest BCUT2D eigenvalue weighted by Crippen LogP contribution is -2.55. The molecule has 1 aliphatic heterocycles. The van der Waals surface area contributed by atoms with Gasteiger partial charge in [-0.25, -0.2) is 8.78 Å². The van der Waals surface area contributed by atoms with Gasteiger partial charge in [-0.2, -0.15) is 0 Å². The summed E-state index contributed by atoms with van der Waals surface area (Å²) in [6.07, 6.45) is 2.14. The topological polar surface area (TPSA) is 64.7 Å². The van der Waals surface area contributed by atoms with Gasteiger partial charge in [-0.1, -0.05) is 30.3 Å². The minimum absolute atomic E-state index is 0.0670. The first-order valence-electron chi connectivity index (χ1n) is 14.0. The molecule has 0 aromatic heterocycles. The zero-order chi connectivity index (χ0) is 28.1. The number of benzene rings is 3. The molecular weight excluding hydrogens is 510 g/mol. The van der Waals surface area contributed by atoms with Gasteiger partial charge < -0.3 is 20.4 Å². The van der Waals surface area contributed by atoms with E-state index in [1.807, 2.05) is 35.2 Å². The fraction of sp³-hybridized carbons (Fsp3) is 0.375. The summed E-state index contributed by atoms with van der Waals surface area (Å²) < 4.78 is 26.7. The summed E-state index contributed by atoms with van der Waals surface area (Å²) >= 11 is 0. The summed E-state index contributed by atoms with van der Waals surface area (Å²) in [5, 5.41) is 6.52. The van der Waals surface area contributed by atoms with Gasteiger partial charge in [0, 0.05) is 48.9 Å². The molecule has 0 radical (unpaired) electrons. The van der Waals surface area contributed by atoms with Crippen LogP contribution < -0.4 is 15.5 Å². The monoisotopic (exact) mass is 546 g/mol. The van der Waals surface area contributed by atoms with Crippen LogP contribution in [0.25, 0.3) is 0 Å². The average Bonchev–Trinajstić information content (AvgIpc) is 3.66. The van der Waals surface area contributed by atoms with E-state index in [0.29, 0.717) is 44.0 Å². The Morgan fingerprint density at radius 1 is 0.900 bits per heavy atom. The fourth-order valence-electron chi connectivity index (χ4n) is 5.57. The van der Waals surface area contributed by atoms with Crippen molar-refractivity contribution in [3.05, 3.63) is 102 Å². The van der Waals surface area contributed by atoms with Crippen LogP contribution in [0.2, 0.25) is 0 Å². The molecule has 40 heavy (non-hydrogen) atoms. The molecule has 1 heterocycles. The molecule has 1 aliphatic carbocycles. The fourth-order valence-corrected chi connectivity index (χ4v) is 5.57. The molecule has 1 saturated heterocycles. The summed E-state index contributed by atoms with van der Waals surface area (Å²) in [5.74, 6) is -0.813. The van der Waals surface area contributed by atoms with Crippen molar-refractivity contribution < 1.29 is 18.4 Å². The van der Waals surface area contributed by atoms with Crippen molar-refractivity contribution in [3.63, 3.8) is 0 Å². The molecule has 5 rings (SSSR count). The molecular formula is C32H36F2N4O2. The van der Waals surface area contributed by atoms with Gasteiger partial charge in [0.25, 0.3) is 5.91 Å². The van der Waals surface area contributed by atoms with Crippen molar-refractivity contribution in [1.29, 1.82) is 0 Å². The SMILES string of the molecule is CC1(NCCCC(NC(=O)c2ccc(F)cc2)C(=O)N2CCN(c3ccccc3)CC2)CC1c1ccc(F)cc1. The maximum absolute atomic E-state index is 13.6. The van der Waals surface area contributed by atoms with E-state index >= 15 is 0 Å². The van der Waals surface area contributed by atoms with Crippen LogP contribution in [0.3, 0.4) is 0 Å². The number of nitrogens with one attached hydrogen (secondary N) is 2. The van der Waals surface area contributed by atoms with Crippen molar-refractivity contribution in [2.24, 2.45) is 0 Å². The van der Waals surface area contributed by atoms with E-state index in [-0.39, 0.29) is 23.2 Å². The number of halogens is 2. The second-order valence-electron chi connectivity index (χ2n) is 11.0. The van der Waals surface area contributed by atoms with E-state index in [9.17, 15) is 18.4 Å². The predicted molar refractivity (Wildman–Crippen MR) is 152 cm³/mol. The first kappa shape index (κ1) is 27.8. The molecule has 3 atom stereocenters. The Morgan fingerprint density at radius 2 is 1.52 bits per heavy atom. The Hall–Kier alpha value is -3.78. The molecule has 2 N–H and O–H groups in total. The zero-order valence-electron chi connectivity index (χ0n) is 22.8. The molecule has 210 valence electrons. The van der Waals surface area contributed by atoms with Crippen molar-refractivity contribution in [3.8, 4) is 0 Å².